The molecule has 0 saturated carbocycles. The molecule has 0 aromatic carbocycles. The van der Waals surface area contributed by atoms with Crippen LogP contribution in [0.4, 0.5) is 0 Å². The molecular weight excluding hydrogens is 267 g/mol. The van der Waals surface area contributed by atoms with Crippen molar-refractivity contribution in [1.82, 2.24) is 0 Å². The fourth-order valence-corrected chi connectivity index (χ4v) is 3.77. The van der Waals surface area contributed by atoms with Gasteiger partial charge in [0, 0.05) is 0 Å². The van der Waals surface area contributed by atoms with Gasteiger partial charge in [0.15, 0.2) is 0 Å². The molecule has 0 amide bonds. The quantitative estimate of drug-likeness (QED) is 0.748. The normalized spacial score (nSPS) is 20.4. The van der Waals surface area contributed by atoms with Gasteiger partial charge >= 0.3 is 0 Å². The molecule has 0 bridgehead atoms. The zero-order valence-electron chi connectivity index (χ0n) is 13.9. The largest absolute Gasteiger partial charge is 0.483 e. The maximum atomic E-state index is 5.47. The molecular formula is C15H27AlN2O2. The highest BCUT2D eigenvalue weighted by Gasteiger charge is 2.28. The number of hydrogen-bond donors (Lipinski definition) is 0. The second-order valence-electron chi connectivity index (χ2n) is 5.80. The first-order valence-electron chi connectivity index (χ1n) is 7.36. The summed E-state index contributed by atoms with van der Waals surface area (Å²) < 4.78 is 10.9. The zero-order valence-corrected chi connectivity index (χ0v) is 15.9. The number of hydrogen-bond acceptors (Lipinski definition) is 4. The standard InChI is InChI=1S/C15H25N2O2.Al.2H/c1-9(2)11(5)8-12-14(18-6)17-13(10(3)4)15(16-12)19-7;;;/h9,11-12H,5,8H2,1-4,6-7H3;;;/t11-,12-;;;/m0.../s1. The van der Waals surface area contributed by atoms with E-state index >= 15 is 0 Å². The summed E-state index contributed by atoms with van der Waals surface area (Å²) in [6, 6.07) is -0.0144. The molecule has 0 spiro atoms. The van der Waals surface area contributed by atoms with Gasteiger partial charge in [0.2, 0.25) is 28.1 Å². The predicted molar refractivity (Wildman–Crippen MR) is 87.3 cm³/mol. The molecule has 2 atom stereocenters. The number of nitrogens with zero attached hydrogens (tertiary/aromatic N) is 2. The Kier molecular flexibility index (Phi) is 6.78. The van der Waals surface area contributed by atoms with Crippen LogP contribution >= 0.6 is 0 Å². The third kappa shape index (κ3) is 4.10. The lowest BCUT2D eigenvalue weighted by Crippen LogP contribution is -2.31. The molecule has 5 heteroatoms. The summed E-state index contributed by atoms with van der Waals surface area (Å²) >= 11 is 1.21. The van der Waals surface area contributed by atoms with Crippen molar-refractivity contribution in [2.75, 3.05) is 14.2 Å². The smallest absolute Gasteiger partial charge is 0.235 e. The van der Waals surface area contributed by atoms with Crippen molar-refractivity contribution in [3.05, 3.63) is 11.3 Å². The molecule has 1 aliphatic heterocycles. The second kappa shape index (κ2) is 7.85. The van der Waals surface area contributed by atoms with Gasteiger partial charge in [-0.1, -0.05) is 19.1 Å². The third-order valence-corrected chi connectivity index (χ3v) is 4.90. The summed E-state index contributed by atoms with van der Waals surface area (Å²) in [5.41, 5.74) is 1.88. The first-order valence-corrected chi connectivity index (χ1v) is 8.78. The number of aliphatic imine (C=N–C) groups is 2. The van der Waals surface area contributed by atoms with Crippen LogP contribution in [0.3, 0.4) is 0 Å². The van der Waals surface area contributed by atoms with E-state index in [1.54, 1.807) is 14.2 Å². The van der Waals surface area contributed by atoms with Crippen LogP contribution in [0, 0.1) is 11.8 Å². The summed E-state index contributed by atoms with van der Waals surface area (Å²) in [5, 5.41) is 1.28. The summed E-state index contributed by atoms with van der Waals surface area (Å²) in [4.78, 5) is 9.33. The highest BCUT2D eigenvalue weighted by atomic mass is 27.0. The van der Waals surface area contributed by atoms with Gasteiger partial charge in [-0.3, -0.25) is 0 Å². The zero-order chi connectivity index (χ0) is 15.3. The minimum atomic E-state index is -0.0144. The average Bonchev–Trinajstić information content (AvgIpc) is 2.43. The van der Waals surface area contributed by atoms with Crippen molar-refractivity contribution >= 4 is 28.1 Å². The molecule has 0 radical (unpaired) electrons. The van der Waals surface area contributed by atoms with Crippen LogP contribution in [0.5, 0.6) is 0 Å². The van der Waals surface area contributed by atoms with Crippen LogP contribution in [0.2, 0.25) is 5.28 Å². The molecule has 1 rings (SSSR count). The summed E-state index contributed by atoms with van der Waals surface area (Å²) in [7, 11) is 3.33. The average molecular weight is 294 g/mol. The second-order valence-corrected chi connectivity index (χ2v) is 6.62. The molecule has 1 aliphatic rings. The molecule has 0 aromatic heterocycles. The van der Waals surface area contributed by atoms with E-state index in [2.05, 4.69) is 18.8 Å². The molecule has 0 aliphatic carbocycles. The lowest BCUT2D eigenvalue weighted by Gasteiger charge is -2.26. The Morgan fingerprint density at radius 1 is 1.25 bits per heavy atom. The number of methoxy groups -OCH3 is 2. The van der Waals surface area contributed by atoms with Crippen LogP contribution < -0.4 is 0 Å². The minimum Gasteiger partial charge on any atom is -0.483 e. The van der Waals surface area contributed by atoms with E-state index < -0.39 is 0 Å². The molecule has 1 heterocycles. The fourth-order valence-electron chi connectivity index (χ4n) is 2.50. The monoisotopic (exact) mass is 294 g/mol. The lowest BCUT2D eigenvalue weighted by atomic mass is 9.90. The first-order chi connectivity index (χ1) is 9.44. The predicted octanol–water partition coefficient (Wildman–Crippen LogP) is 2.47. The van der Waals surface area contributed by atoms with Crippen LogP contribution in [0.1, 0.15) is 34.1 Å². The van der Waals surface area contributed by atoms with Crippen molar-refractivity contribution in [3.8, 4) is 0 Å². The van der Waals surface area contributed by atoms with Gasteiger partial charge in [-0.2, -0.15) is 0 Å². The van der Waals surface area contributed by atoms with E-state index in [-0.39, 0.29) is 6.04 Å². The van der Waals surface area contributed by atoms with E-state index in [9.17, 15) is 0 Å². The molecule has 0 saturated heterocycles. The molecule has 4 nitrogen and oxygen atoms in total. The van der Waals surface area contributed by atoms with E-state index in [0.29, 0.717) is 23.6 Å². The molecule has 112 valence electrons. The van der Waals surface area contributed by atoms with Crippen LogP contribution in [-0.4, -0.2) is 48.3 Å². The third-order valence-electron chi connectivity index (χ3n) is 3.85. The Morgan fingerprint density at radius 2 is 1.90 bits per heavy atom. The number of rotatable bonds is 4. The minimum absolute atomic E-state index is 0.0144. The van der Waals surface area contributed by atoms with Gasteiger partial charge in [-0.15, -0.1) is 0 Å². The SMILES string of the molecule is COC1=N[C@@H](C[C@H]([CH2][AlH2])C(C)C)C(OC)=NC1=C(C)C. The van der Waals surface area contributed by atoms with Crippen molar-refractivity contribution in [2.45, 2.75) is 45.4 Å². The van der Waals surface area contributed by atoms with Crippen LogP contribution in [0.25, 0.3) is 0 Å². The first kappa shape index (κ1) is 17.3. The Hall–Kier alpha value is -0.788. The molecule has 0 N–H and O–H groups in total. The molecule has 0 unspecified atom stereocenters. The summed E-state index contributed by atoms with van der Waals surface area (Å²) in [6.45, 7) is 8.57. The van der Waals surface area contributed by atoms with Gasteiger partial charge in [0.25, 0.3) is 0 Å². The van der Waals surface area contributed by atoms with Gasteiger partial charge in [0.1, 0.15) is 11.7 Å². The van der Waals surface area contributed by atoms with E-state index in [1.807, 2.05) is 13.8 Å². The maximum absolute atomic E-state index is 5.47. The van der Waals surface area contributed by atoms with E-state index in [4.69, 9.17) is 14.5 Å². The number of allylic oxidation sites excluding steroid dienone is 1. The van der Waals surface area contributed by atoms with Crippen LogP contribution in [-0.2, 0) is 9.47 Å². The van der Waals surface area contributed by atoms with Crippen LogP contribution in [0.15, 0.2) is 21.3 Å². The highest BCUT2D eigenvalue weighted by Crippen LogP contribution is 2.26. The highest BCUT2D eigenvalue weighted by molar-refractivity contribution is 6.08. The Morgan fingerprint density at radius 3 is 2.30 bits per heavy atom. The Balaban J connectivity index is 3.05. The van der Waals surface area contributed by atoms with Gasteiger partial charge in [0.05, 0.1) is 14.2 Å². The fraction of sp³-hybridized carbons (Fsp3) is 0.733. The van der Waals surface area contributed by atoms with E-state index in [1.165, 1.54) is 21.6 Å². The van der Waals surface area contributed by atoms with Crippen molar-refractivity contribution in [3.63, 3.8) is 0 Å². The molecule has 0 aromatic rings. The molecule has 20 heavy (non-hydrogen) atoms. The van der Waals surface area contributed by atoms with Gasteiger partial charge < -0.3 is 9.47 Å². The summed E-state index contributed by atoms with van der Waals surface area (Å²) in [6.07, 6.45) is 0.983. The maximum Gasteiger partial charge on any atom is 0.235 e. The van der Waals surface area contributed by atoms with Gasteiger partial charge in [-0.05, 0) is 37.7 Å². The lowest BCUT2D eigenvalue weighted by molar-refractivity contribution is 0.330. The Labute approximate surface area is 130 Å². The molecule has 0 fully saturated rings. The van der Waals surface area contributed by atoms with Crippen molar-refractivity contribution in [1.29, 1.82) is 0 Å². The van der Waals surface area contributed by atoms with Crippen molar-refractivity contribution in [2.24, 2.45) is 21.8 Å². The Bertz CT molecular complexity index is 424. The van der Waals surface area contributed by atoms with Crippen molar-refractivity contribution < 1.29 is 9.47 Å². The summed E-state index contributed by atoms with van der Waals surface area (Å²) in [5.74, 6) is 2.67. The van der Waals surface area contributed by atoms with Gasteiger partial charge in [-0.25, -0.2) is 9.98 Å². The number of ether oxygens (including phenoxy) is 2. The van der Waals surface area contributed by atoms with E-state index in [0.717, 1.165) is 17.7 Å². The topological polar surface area (TPSA) is 43.2 Å².